The molecule has 8 nitrogen and oxygen atoms in total. The minimum absolute atomic E-state index is 0.0633. The van der Waals surface area contributed by atoms with Crippen molar-refractivity contribution in [1.29, 1.82) is 0 Å². The van der Waals surface area contributed by atoms with E-state index in [1.165, 1.54) is 18.5 Å². The Kier molecular flexibility index (Phi) is 3.85. The van der Waals surface area contributed by atoms with Crippen LogP contribution in [-0.2, 0) is 11.8 Å². The van der Waals surface area contributed by atoms with Gasteiger partial charge < -0.3 is 19.8 Å². The van der Waals surface area contributed by atoms with E-state index >= 15 is 0 Å². The van der Waals surface area contributed by atoms with Gasteiger partial charge in [-0.25, -0.2) is 9.37 Å². The van der Waals surface area contributed by atoms with Crippen LogP contribution < -0.4 is 10.1 Å². The Morgan fingerprint density at radius 2 is 2.36 bits per heavy atom. The summed E-state index contributed by atoms with van der Waals surface area (Å²) >= 11 is 0. The van der Waals surface area contributed by atoms with Crippen LogP contribution in [0.2, 0.25) is 0 Å². The van der Waals surface area contributed by atoms with Gasteiger partial charge in [0.2, 0.25) is 0 Å². The molecule has 9 heteroatoms. The minimum atomic E-state index is -0.613. The van der Waals surface area contributed by atoms with Crippen molar-refractivity contribution in [2.45, 2.75) is 12.1 Å². The van der Waals surface area contributed by atoms with Gasteiger partial charge in [0.25, 0.3) is 5.91 Å². The molecule has 0 bridgehead atoms. The second kappa shape index (κ2) is 6.17. The first kappa shape index (κ1) is 15.6. The van der Waals surface area contributed by atoms with Crippen LogP contribution in [0.4, 0.5) is 4.39 Å². The molecule has 1 aromatic carbocycles. The summed E-state index contributed by atoms with van der Waals surface area (Å²) in [6.07, 6.45) is 4.39. The first-order valence-corrected chi connectivity index (χ1v) is 7.76. The van der Waals surface area contributed by atoms with E-state index < -0.39 is 11.7 Å². The largest absolute Gasteiger partial charge is 0.482 e. The Bertz CT molecular complexity index is 922. The molecule has 25 heavy (non-hydrogen) atoms. The summed E-state index contributed by atoms with van der Waals surface area (Å²) in [4.78, 5) is 19.3. The molecule has 2 N–H and O–H groups in total. The summed E-state index contributed by atoms with van der Waals surface area (Å²) in [6, 6.07) is 2.29. The second-order valence-corrected chi connectivity index (χ2v) is 5.88. The van der Waals surface area contributed by atoms with Crippen molar-refractivity contribution < 1.29 is 18.7 Å². The first-order valence-electron chi connectivity index (χ1n) is 7.76. The lowest BCUT2D eigenvalue weighted by Gasteiger charge is -2.19. The molecule has 2 atom stereocenters. The number of rotatable bonds is 4. The highest BCUT2D eigenvalue weighted by atomic mass is 19.1. The maximum Gasteiger partial charge on any atom is 0.254 e. The van der Waals surface area contributed by atoms with E-state index in [9.17, 15) is 9.18 Å². The van der Waals surface area contributed by atoms with Crippen LogP contribution in [0.1, 0.15) is 10.4 Å². The van der Waals surface area contributed by atoms with Crippen molar-refractivity contribution in [2.75, 3.05) is 13.2 Å². The lowest BCUT2D eigenvalue weighted by molar-refractivity contribution is 0.0900. The third-order valence-corrected chi connectivity index (χ3v) is 4.07. The third kappa shape index (κ3) is 3.05. The number of H-pyrrole nitrogens is 1. The first-order chi connectivity index (χ1) is 12.1. The number of fused-ring (bicyclic) bond motifs is 1. The zero-order valence-electron chi connectivity index (χ0n) is 13.4. The van der Waals surface area contributed by atoms with E-state index in [-0.39, 0.29) is 17.7 Å². The number of aryl methyl sites for hydroxylation is 1. The van der Waals surface area contributed by atoms with Gasteiger partial charge in [0.1, 0.15) is 11.9 Å². The highest BCUT2D eigenvalue weighted by Gasteiger charge is 2.32. The Hall–Kier alpha value is -2.94. The number of imidazole rings is 1. The molecule has 1 aliphatic rings. The monoisotopic (exact) mass is 345 g/mol. The van der Waals surface area contributed by atoms with Crippen molar-refractivity contribution in [1.82, 2.24) is 25.1 Å². The number of hydrogen-bond donors (Lipinski definition) is 2. The number of hydrogen-bond acceptors (Lipinski definition) is 5. The van der Waals surface area contributed by atoms with E-state index in [2.05, 4.69) is 20.4 Å². The number of carbonyl (C=O) groups is 1. The molecule has 0 spiro atoms. The van der Waals surface area contributed by atoms with Gasteiger partial charge in [0.05, 0.1) is 54.6 Å². The molecule has 2 aromatic heterocycles. The number of carbonyl (C=O) groups excluding carboxylic acids is 1. The van der Waals surface area contributed by atoms with Crippen molar-refractivity contribution in [3.8, 4) is 5.75 Å². The molecule has 4 rings (SSSR count). The fourth-order valence-corrected chi connectivity index (χ4v) is 2.80. The average Bonchev–Trinajstić information content (AvgIpc) is 3.29. The van der Waals surface area contributed by atoms with Crippen LogP contribution in [-0.4, -0.2) is 51.0 Å². The molecule has 0 aliphatic carbocycles. The normalized spacial score (nSPS) is 20.1. The van der Waals surface area contributed by atoms with Crippen LogP contribution in [0.5, 0.6) is 5.75 Å². The molecule has 0 unspecified atom stereocenters. The van der Waals surface area contributed by atoms with E-state index in [1.54, 1.807) is 24.1 Å². The molecular weight excluding hydrogens is 329 g/mol. The summed E-state index contributed by atoms with van der Waals surface area (Å²) in [5, 5.41) is 6.81. The standard InChI is InChI=1S/C16H16FN5O3/c1-22-5-9(4-20-22)25-15-7-24-6-14(15)21-16(23)10-2-12-13(3-11(10)17)19-8-18-12/h2-5,8,14-15H,6-7H2,1H3,(H,18,19)(H,21,23)/t14-,15+/m0/s1. The topological polar surface area (TPSA) is 94.1 Å². The quantitative estimate of drug-likeness (QED) is 0.736. The SMILES string of the molecule is Cn1cc(O[C@@H]2COC[C@@H]2NC(=O)c2cc3nc[nH]c3cc2F)cn1. The lowest BCUT2D eigenvalue weighted by Crippen LogP contribution is -2.45. The molecule has 1 aliphatic heterocycles. The number of ether oxygens (including phenoxy) is 2. The summed E-state index contributed by atoms with van der Waals surface area (Å²) in [6.45, 7) is 0.629. The van der Waals surface area contributed by atoms with Crippen molar-refractivity contribution in [3.05, 3.63) is 42.2 Å². The molecule has 1 amide bonds. The number of amides is 1. The molecule has 3 aromatic rings. The van der Waals surface area contributed by atoms with Gasteiger partial charge in [0, 0.05) is 13.1 Å². The number of nitrogens with one attached hydrogen (secondary N) is 2. The molecule has 1 saturated heterocycles. The Balaban J connectivity index is 1.49. The smallest absolute Gasteiger partial charge is 0.254 e. The van der Waals surface area contributed by atoms with E-state index in [1.807, 2.05) is 0 Å². The molecular formula is C16H16FN5O3. The summed E-state index contributed by atoms with van der Waals surface area (Å²) in [7, 11) is 1.78. The molecule has 1 fully saturated rings. The number of aromatic nitrogens is 4. The van der Waals surface area contributed by atoms with Crippen LogP contribution in [0.25, 0.3) is 11.0 Å². The van der Waals surface area contributed by atoms with Gasteiger partial charge in [0.15, 0.2) is 5.75 Å². The molecule has 130 valence electrons. The summed E-state index contributed by atoms with van der Waals surface area (Å²) < 4.78 is 27.0. The zero-order valence-corrected chi connectivity index (χ0v) is 13.4. The van der Waals surface area contributed by atoms with Crippen LogP contribution in [0, 0.1) is 5.82 Å². The predicted molar refractivity (Wildman–Crippen MR) is 85.7 cm³/mol. The van der Waals surface area contributed by atoms with E-state index in [0.29, 0.717) is 30.0 Å². The highest BCUT2D eigenvalue weighted by Crippen LogP contribution is 2.19. The van der Waals surface area contributed by atoms with E-state index in [4.69, 9.17) is 9.47 Å². The van der Waals surface area contributed by atoms with Gasteiger partial charge in [-0.1, -0.05) is 0 Å². The molecule has 0 saturated carbocycles. The van der Waals surface area contributed by atoms with Crippen molar-refractivity contribution in [3.63, 3.8) is 0 Å². The molecule has 3 heterocycles. The predicted octanol–water partition coefficient (Wildman–Crippen LogP) is 1.01. The molecule has 0 radical (unpaired) electrons. The summed E-state index contributed by atoms with van der Waals surface area (Å²) in [5.74, 6) is -0.558. The number of halogens is 1. The lowest BCUT2D eigenvalue weighted by atomic mass is 10.1. The van der Waals surface area contributed by atoms with Gasteiger partial charge in [-0.3, -0.25) is 9.48 Å². The Morgan fingerprint density at radius 3 is 3.16 bits per heavy atom. The Morgan fingerprint density at radius 1 is 1.48 bits per heavy atom. The fraction of sp³-hybridized carbons (Fsp3) is 0.312. The zero-order chi connectivity index (χ0) is 17.4. The van der Waals surface area contributed by atoms with Crippen LogP contribution in [0.3, 0.4) is 0 Å². The third-order valence-electron chi connectivity index (χ3n) is 4.07. The van der Waals surface area contributed by atoms with Gasteiger partial charge >= 0.3 is 0 Å². The number of nitrogens with zero attached hydrogens (tertiary/aromatic N) is 3. The summed E-state index contributed by atoms with van der Waals surface area (Å²) in [5.41, 5.74) is 1.00. The van der Waals surface area contributed by atoms with Crippen molar-refractivity contribution >= 4 is 16.9 Å². The second-order valence-electron chi connectivity index (χ2n) is 5.88. The van der Waals surface area contributed by atoms with Gasteiger partial charge in [-0.2, -0.15) is 5.10 Å². The highest BCUT2D eigenvalue weighted by molar-refractivity contribution is 5.97. The van der Waals surface area contributed by atoms with Crippen LogP contribution in [0.15, 0.2) is 30.9 Å². The number of benzene rings is 1. The fourth-order valence-electron chi connectivity index (χ4n) is 2.80. The van der Waals surface area contributed by atoms with E-state index in [0.717, 1.165) is 0 Å². The Labute approximate surface area is 141 Å². The average molecular weight is 345 g/mol. The van der Waals surface area contributed by atoms with Gasteiger partial charge in [-0.05, 0) is 6.07 Å². The van der Waals surface area contributed by atoms with Crippen molar-refractivity contribution in [2.24, 2.45) is 7.05 Å². The maximum atomic E-state index is 14.2. The van der Waals surface area contributed by atoms with Gasteiger partial charge in [-0.15, -0.1) is 0 Å². The van der Waals surface area contributed by atoms with Crippen LogP contribution >= 0.6 is 0 Å². The maximum absolute atomic E-state index is 14.2. The minimum Gasteiger partial charge on any atom is -0.482 e. The number of aromatic amines is 1.